The average Bonchev–Trinajstić information content (AvgIpc) is 2.72. The maximum absolute atomic E-state index is 13.8. The Morgan fingerprint density at radius 3 is 2.74 bits per heavy atom. The van der Waals surface area contributed by atoms with Gasteiger partial charge in [-0.1, -0.05) is 0 Å². The van der Waals surface area contributed by atoms with Crippen molar-refractivity contribution in [1.82, 2.24) is 9.88 Å². The molecule has 0 atom stereocenters. The molecule has 27 heavy (non-hydrogen) atoms. The molecule has 1 aliphatic rings. The van der Waals surface area contributed by atoms with Crippen LogP contribution in [0, 0.1) is 11.6 Å². The van der Waals surface area contributed by atoms with Crippen LogP contribution in [0.1, 0.15) is 26.1 Å². The van der Waals surface area contributed by atoms with E-state index in [0.717, 1.165) is 17.0 Å². The summed E-state index contributed by atoms with van der Waals surface area (Å²) < 4.78 is 47.1. The van der Waals surface area contributed by atoms with Gasteiger partial charge in [0, 0.05) is 48.8 Å². The minimum atomic E-state index is -0.734. The fourth-order valence-corrected chi connectivity index (χ4v) is 2.97. The molecule has 144 valence electrons. The number of rotatable bonds is 4. The first-order chi connectivity index (χ1) is 13.9. The number of benzene rings is 1. The zero-order valence-electron chi connectivity index (χ0n) is 16.7. The molecule has 8 heteroatoms. The summed E-state index contributed by atoms with van der Waals surface area (Å²) in [4.78, 5) is 19.4. The van der Waals surface area contributed by atoms with Gasteiger partial charge in [0.15, 0.2) is 11.6 Å². The minimum absolute atomic E-state index is 0.0204. The maximum atomic E-state index is 13.8. The first-order valence-corrected chi connectivity index (χ1v) is 8.43. The van der Waals surface area contributed by atoms with E-state index >= 15 is 0 Å². The lowest BCUT2D eigenvalue weighted by molar-refractivity contribution is 0.0822. The van der Waals surface area contributed by atoms with Crippen LogP contribution in [0.4, 0.5) is 20.2 Å². The van der Waals surface area contributed by atoms with E-state index in [2.05, 4.69) is 4.98 Å². The highest BCUT2D eigenvalue weighted by Gasteiger charge is 2.24. The molecule has 0 spiro atoms. The summed E-state index contributed by atoms with van der Waals surface area (Å²) in [6, 6.07) is 4.79. The van der Waals surface area contributed by atoms with Gasteiger partial charge in [-0.2, -0.15) is 0 Å². The van der Waals surface area contributed by atoms with Gasteiger partial charge in [-0.3, -0.25) is 4.79 Å². The molecule has 0 unspecified atom stereocenters. The predicted molar refractivity (Wildman–Crippen MR) is 98.9 cm³/mol. The lowest BCUT2D eigenvalue weighted by Gasteiger charge is -2.34. The highest BCUT2D eigenvalue weighted by molar-refractivity contribution is 5.93. The van der Waals surface area contributed by atoms with E-state index in [9.17, 15) is 13.6 Å². The summed E-state index contributed by atoms with van der Waals surface area (Å²) in [5, 5.41) is 0. The topological polar surface area (TPSA) is 71.7 Å². The lowest BCUT2D eigenvalue weighted by Crippen LogP contribution is -2.39. The van der Waals surface area contributed by atoms with Crippen LogP contribution in [0.3, 0.4) is 0 Å². The van der Waals surface area contributed by atoms with Crippen molar-refractivity contribution in [2.45, 2.75) is 18.9 Å². The number of halogens is 2. The summed E-state index contributed by atoms with van der Waals surface area (Å²) in [6.45, 7) is 1.13. The third kappa shape index (κ3) is 4.27. The zero-order chi connectivity index (χ0) is 21.0. The highest BCUT2D eigenvalue weighted by Crippen LogP contribution is 2.29. The summed E-state index contributed by atoms with van der Waals surface area (Å²) in [7, 11) is -0.654. The normalized spacial score (nSPS) is 15.9. The SMILES string of the molecule is [2H]CN(C[2H])C(=O)c1cc(N2CCC(Oc3ccc(F)cc3F)CC2)c(N)cn1. The largest absolute Gasteiger partial charge is 0.487 e. The van der Waals surface area contributed by atoms with Crippen LogP contribution < -0.4 is 15.4 Å². The van der Waals surface area contributed by atoms with E-state index < -0.39 is 17.5 Å². The smallest absolute Gasteiger partial charge is 0.272 e. The fraction of sp³-hybridized carbons (Fsp3) is 0.368. The quantitative estimate of drug-likeness (QED) is 0.886. The third-order valence-corrected chi connectivity index (χ3v) is 4.39. The molecular weight excluding hydrogens is 354 g/mol. The number of aromatic nitrogens is 1. The number of pyridine rings is 1. The molecule has 0 bridgehead atoms. The van der Waals surface area contributed by atoms with E-state index in [4.69, 9.17) is 13.2 Å². The van der Waals surface area contributed by atoms with Crippen molar-refractivity contribution in [3.8, 4) is 5.75 Å². The molecule has 1 aromatic carbocycles. The summed E-state index contributed by atoms with van der Waals surface area (Å²) in [5.74, 6) is -1.87. The molecule has 0 radical (unpaired) electrons. The molecule has 0 saturated carbocycles. The average molecular weight is 378 g/mol. The second-order valence-corrected chi connectivity index (χ2v) is 6.35. The van der Waals surface area contributed by atoms with Crippen LogP contribution in [0.25, 0.3) is 0 Å². The number of anilines is 2. The summed E-state index contributed by atoms with van der Waals surface area (Å²) in [5.41, 5.74) is 7.21. The Morgan fingerprint density at radius 2 is 2.07 bits per heavy atom. The van der Waals surface area contributed by atoms with E-state index in [1.807, 2.05) is 4.90 Å². The Labute approximate surface area is 159 Å². The number of hydrogen-bond donors (Lipinski definition) is 1. The number of ether oxygens (including phenoxy) is 1. The molecule has 1 saturated heterocycles. The van der Waals surface area contributed by atoms with E-state index in [1.165, 1.54) is 12.3 Å². The first kappa shape index (κ1) is 16.3. The summed E-state index contributed by atoms with van der Waals surface area (Å²) >= 11 is 0. The molecule has 6 nitrogen and oxygen atoms in total. The van der Waals surface area contributed by atoms with E-state index in [1.54, 1.807) is 6.07 Å². The van der Waals surface area contributed by atoms with Crippen molar-refractivity contribution in [3.05, 3.63) is 47.8 Å². The Balaban J connectivity index is 1.67. The standard InChI is InChI=1S/C19H22F2N4O2/c1-24(2)19(26)16-10-17(15(22)11-23-16)25-7-5-13(6-8-25)27-18-4-3-12(20)9-14(18)21/h3-4,9-11,13H,5-8,22H2,1-2H3/i1D,2D. The number of carbonyl (C=O) groups excluding carboxylic acids is 1. The fourth-order valence-electron chi connectivity index (χ4n) is 2.97. The van der Waals surface area contributed by atoms with Crippen LogP contribution in [-0.4, -0.2) is 49.0 Å². The maximum Gasteiger partial charge on any atom is 0.272 e. The molecule has 3 rings (SSSR count). The Hall–Kier alpha value is -2.90. The van der Waals surface area contributed by atoms with Crippen molar-refractivity contribution in [2.24, 2.45) is 0 Å². The Bertz CT molecular complexity index is 875. The first-order valence-electron chi connectivity index (χ1n) is 9.84. The lowest BCUT2D eigenvalue weighted by atomic mass is 10.1. The van der Waals surface area contributed by atoms with Gasteiger partial charge in [0.25, 0.3) is 5.91 Å². The van der Waals surface area contributed by atoms with Crippen molar-refractivity contribution in [2.75, 3.05) is 37.8 Å². The number of nitrogen functional groups attached to an aromatic ring is 1. The molecular formula is C19H22F2N4O2. The molecule has 1 aromatic heterocycles. The Kier molecular flexibility index (Phi) is 4.69. The Morgan fingerprint density at radius 1 is 1.33 bits per heavy atom. The number of nitrogens with two attached hydrogens (primary N) is 1. The van der Waals surface area contributed by atoms with E-state index in [0.29, 0.717) is 37.3 Å². The zero-order valence-corrected chi connectivity index (χ0v) is 14.7. The summed E-state index contributed by atoms with van der Waals surface area (Å²) in [6.07, 6.45) is 2.35. The second kappa shape index (κ2) is 7.77. The number of amides is 1. The molecule has 1 aliphatic heterocycles. The molecule has 2 heterocycles. The van der Waals surface area contributed by atoms with Gasteiger partial charge in [-0.05, 0) is 18.2 Å². The monoisotopic (exact) mass is 378 g/mol. The molecule has 1 fully saturated rings. The molecule has 2 aromatic rings. The van der Waals surface area contributed by atoms with Crippen molar-refractivity contribution >= 4 is 17.3 Å². The van der Waals surface area contributed by atoms with Crippen molar-refractivity contribution in [1.29, 1.82) is 0 Å². The predicted octanol–water partition coefficient (Wildman–Crippen LogP) is 2.69. The van der Waals surface area contributed by atoms with Gasteiger partial charge in [0.1, 0.15) is 17.6 Å². The molecule has 2 N–H and O–H groups in total. The van der Waals surface area contributed by atoms with Crippen LogP contribution in [0.15, 0.2) is 30.5 Å². The van der Waals surface area contributed by atoms with E-state index in [-0.39, 0.29) is 31.6 Å². The third-order valence-electron chi connectivity index (χ3n) is 4.39. The molecule has 1 amide bonds. The number of nitrogens with zero attached hydrogens (tertiary/aromatic N) is 3. The number of hydrogen-bond acceptors (Lipinski definition) is 5. The molecule has 0 aliphatic carbocycles. The van der Waals surface area contributed by atoms with Crippen molar-refractivity contribution < 1.29 is 21.1 Å². The van der Waals surface area contributed by atoms with Gasteiger partial charge < -0.3 is 20.3 Å². The van der Waals surface area contributed by atoms with Gasteiger partial charge >= 0.3 is 0 Å². The number of piperidine rings is 1. The van der Waals surface area contributed by atoms with Gasteiger partial charge in [0.05, 0.1) is 17.6 Å². The van der Waals surface area contributed by atoms with Crippen molar-refractivity contribution in [3.63, 3.8) is 0 Å². The van der Waals surface area contributed by atoms with Crippen LogP contribution in [-0.2, 0) is 0 Å². The highest BCUT2D eigenvalue weighted by atomic mass is 19.1. The second-order valence-electron chi connectivity index (χ2n) is 6.35. The minimum Gasteiger partial charge on any atom is -0.487 e. The van der Waals surface area contributed by atoms with Gasteiger partial charge in [0.2, 0.25) is 0 Å². The van der Waals surface area contributed by atoms with Gasteiger partial charge in [-0.15, -0.1) is 0 Å². The van der Waals surface area contributed by atoms with Crippen LogP contribution in [0.2, 0.25) is 0 Å². The van der Waals surface area contributed by atoms with Crippen LogP contribution >= 0.6 is 0 Å². The van der Waals surface area contributed by atoms with Crippen LogP contribution in [0.5, 0.6) is 5.75 Å². The van der Waals surface area contributed by atoms with Gasteiger partial charge in [-0.25, -0.2) is 13.8 Å². The number of carbonyl (C=O) groups is 1.